The topological polar surface area (TPSA) is 70.1 Å². The van der Waals surface area contributed by atoms with Crippen LogP contribution in [0.4, 0.5) is 5.82 Å². The molecular formula is C13H13N3O2. The Balaban J connectivity index is 2.24. The SMILES string of the molecule is C[C@H]1Cc2c(nc(=O)n(-c3ccccc3)c2N)O1. The zero-order valence-electron chi connectivity index (χ0n) is 9.96. The Labute approximate surface area is 104 Å². The predicted octanol–water partition coefficient (Wildman–Crippen LogP) is 1.14. The first-order valence-corrected chi connectivity index (χ1v) is 5.80. The van der Waals surface area contributed by atoms with Crippen molar-refractivity contribution < 1.29 is 4.74 Å². The van der Waals surface area contributed by atoms with Crippen molar-refractivity contribution in [1.82, 2.24) is 9.55 Å². The maximum Gasteiger partial charge on any atom is 0.357 e. The van der Waals surface area contributed by atoms with Gasteiger partial charge in [-0.1, -0.05) is 18.2 Å². The Morgan fingerprint density at radius 3 is 2.83 bits per heavy atom. The minimum atomic E-state index is -0.411. The summed E-state index contributed by atoms with van der Waals surface area (Å²) >= 11 is 0. The molecule has 0 amide bonds. The van der Waals surface area contributed by atoms with E-state index in [-0.39, 0.29) is 6.10 Å². The summed E-state index contributed by atoms with van der Waals surface area (Å²) < 4.78 is 6.87. The molecule has 18 heavy (non-hydrogen) atoms. The van der Waals surface area contributed by atoms with Crippen LogP contribution in [0, 0.1) is 0 Å². The van der Waals surface area contributed by atoms with Gasteiger partial charge in [-0.25, -0.2) is 9.36 Å². The van der Waals surface area contributed by atoms with Gasteiger partial charge in [0.05, 0.1) is 11.3 Å². The van der Waals surface area contributed by atoms with E-state index in [1.807, 2.05) is 37.3 Å². The van der Waals surface area contributed by atoms with Crippen LogP contribution in [-0.2, 0) is 6.42 Å². The van der Waals surface area contributed by atoms with Crippen LogP contribution in [0.3, 0.4) is 0 Å². The first-order valence-electron chi connectivity index (χ1n) is 5.80. The van der Waals surface area contributed by atoms with Gasteiger partial charge in [-0.3, -0.25) is 0 Å². The molecule has 0 aliphatic carbocycles. The van der Waals surface area contributed by atoms with E-state index in [2.05, 4.69) is 4.98 Å². The van der Waals surface area contributed by atoms with E-state index in [0.29, 0.717) is 18.1 Å². The van der Waals surface area contributed by atoms with Crippen molar-refractivity contribution in [2.45, 2.75) is 19.4 Å². The van der Waals surface area contributed by atoms with Crippen molar-refractivity contribution in [3.63, 3.8) is 0 Å². The molecule has 2 aromatic rings. The summed E-state index contributed by atoms with van der Waals surface area (Å²) in [7, 11) is 0. The fourth-order valence-electron chi connectivity index (χ4n) is 2.19. The van der Waals surface area contributed by atoms with Crippen molar-refractivity contribution in [1.29, 1.82) is 0 Å². The lowest BCUT2D eigenvalue weighted by Crippen LogP contribution is -2.25. The molecule has 0 radical (unpaired) electrons. The molecule has 3 rings (SSSR count). The van der Waals surface area contributed by atoms with Crippen LogP contribution in [0.5, 0.6) is 5.88 Å². The first-order chi connectivity index (χ1) is 8.66. The van der Waals surface area contributed by atoms with E-state index >= 15 is 0 Å². The number of ether oxygens (including phenoxy) is 1. The number of para-hydroxylation sites is 1. The number of nitrogens with zero attached hydrogens (tertiary/aromatic N) is 2. The van der Waals surface area contributed by atoms with Gasteiger partial charge >= 0.3 is 5.69 Å². The molecule has 0 unspecified atom stereocenters. The Morgan fingerprint density at radius 2 is 2.11 bits per heavy atom. The number of aromatic nitrogens is 2. The Bertz CT molecular complexity index is 649. The number of nitrogens with two attached hydrogens (primary N) is 1. The molecule has 0 saturated heterocycles. The fraction of sp³-hybridized carbons (Fsp3) is 0.231. The average molecular weight is 243 g/mol. The Hall–Kier alpha value is -2.30. The van der Waals surface area contributed by atoms with Gasteiger partial charge in [-0.15, -0.1) is 0 Å². The third-order valence-corrected chi connectivity index (χ3v) is 3.02. The third kappa shape index (κ3) is 1.55. The molecule has 1 atom stereocenters. The summed E-state index contributed by atoms with van der Waals surface area (Å²) in [5.74, 6) is 0.790. The second-order valence-corrected chi connectivity index (χ2v) is 4.37. The number of hydrogen-bond donors (Lipinski definition) is 1. The van der Waals surface area contributed by atoms with Gasteiger partial charge in [0.1, 0.15) is 11.9 Å². The molecule has 0 fully saturated rings. The molecule has 5 nitrogen and oxygen atoms in total. The van der Waals surface area contributed by atoms with Crippen LogP contribution in [0.15, 0.2) is 35.1 Å². The van der Waals surface area contributed by atoms with Crippen molar-refractivity contribution in [2.24, 2.45) is 0 Å². The highest BCUT2D eigenvalue weighted by Gasteiger charge is 2.26. The molecule has 2 N–H and O–H groups in total. The minimum Gasteiger partial charge on any atom is -0.474 e. The predicted molar refractivity (Wildman–Crippen MR) is 68.0 cm³/mol. The monoisotopic (exact) mass is 243 g/mol. The molecule has 1 aromatic carbocycles. The summed E-state index contributed by atoms with van der Waals surface area (Å²) in [6.07, 6.45) is 0.696. The molecule has 0 spiro atoms. The first kappa shape index (κ1) is 10.8. The highest BCUT2D eigenvalue weighted by molar-refractivity contribution is 5.53. The number of fused-ring (bicyclic) bond motifs is 1. The van der Waals surface area contributed by atoms with Crippen molar-refractivity contribution in [3.05, 3.63) is 46.4 Å². The van der Waals surface area contributed by atoms with Crippen LogP contribution >= 0.6 is 0 Å². The molecule has 0 bridgehead atoms. The van der Waals surface area contributed by atoms with E-state index in [0.717, 1.165) is 11.3 Å². The van der Waals surface area contributed by atoms with Gasteiger partial charge in [0.2, 0.25) is 5.88 Å². The number of rotatable bonds is 1. The van der Waals surface area contributed by atoms with Gasteiger partial charge in [-0.05, 0) is 19.1 Å². The van der Waals surface area contributed by atoms with Crippen molar-refractivity contribution >= 4 is 5.82 Å². The summed E-state index contributed by atoms with van der Waals surface area (Å²) in [5, 5.41) is 0. The largest absolute Gasteiger partial charge is 0.474 e. The van der Waals surface area contributed by atoms with E-state index < -0.39 is 5.69 Å². The van der Waals surface area contributed by atoms with Gasteiger partial charge in [0.25, 0.3) is 0 Å². The maximum absolute atomic E-state index is 12.0. The second-order valence-electron chi connectivity index (χ2n) is 4.37. The minimum absolute atomic E-state index is 0.0147. The third-order valence-electron chi connectivity index (χ3n) is 3.02. The molecule has 1 aliphatic heterocycles. The van der Waals surface area contributed by atoms with E-state index in [4.69, 9.17) is 10.5 Å². The standard InChI is InChI=1S/C13H13N3O2/c1-8-7-10-11(14)16(9-5-3-2-4-6-9)13(17)15-12(10)18-8/h2-6,8H,7,14H2,1H3/t8-/m0/s1. The average Bonchev–Trinajstić information content (AvgIpc) is 2.71. The lowest BCUT2D eigenvalue weighted by molar-refractivity contribution is 0.245. The summed E-state index contributed by atoms with van der Waals surface area (Å²) in [6, 6.07) is 9.24. The normalized spacial score (nSPS) is 17.3. The van der Waals surface area contributed by atoms with Gasteiger partial charge in [-0.2, -0.15) is 4.98 Å². The van der Waals surface area contributed by atoms with Gasteiger partial charge in [0.15, 0.2) is 0 Å². The van der Waals surface area contributed by atoms with E-state index in [9.17, 15) is 4.79 Å². The molecule has 1 aromatic heterocycles. The van der Waals surface area contributed by atoms with Crippen LogP contribution in [0.2, 0.25) is 0 Å². The Morgan fingerprint density at radius 1 is 1.39 bits per heavy atom. The summed E-state index contributed by atoms with van der Waals surface area (Å²) in [5.41, 5.74) is 7.19. The van der Waals surface area contributed by atoms with E-state index in [1.165, 1.54) is 4.57 Å². The maximum atomic E-state index is 12.0. The fourth-order valence-corrected chi connectivity index (χ4v) is 2.19. The lowest BCUT2D eigenvalue weighted by Gasteiger charge is -2.10. The van der Waals surface area contributed by atoms with Gasteiger partial charge in [0, 0.05) is 6.42 Å². The van der Waals surface area contributed by atoms with Crippen LogP contribution in [0.1, 0.15) is 12.5 Å². The summed E-state index contributed by atoms with van der Waals surface area (Å²) in [4.78, 5) is 15.9. The van der Waals surface area contributed by atoms with Crippen molar-refractivity contribution in [2.75, 3.05) is 5.73 Å². The van der Waals surface area contributed by atoms with E-state index in [1.54, 1.807) is 0 Å². The number of hydrogen-bond acceptors (Lipinski definition) is 4. The Kier molecular flexibility index (Phi) is 2.33. The molecule has 2 heterocycles. The van der Waals surface area contributed by atoms with Crippen LogP contribution < -0.4 is 16.2 Å². The smallest absolute Gasteiger partial charge is 0.357 e. The zero-order valence-corrected chi connectivity index (χ0v) is 9.96. The lowest BCUT2D eigenvalue weighted by atomic mass is 10.2. The quantitative estimate of drug-likeness (QED) is 0.815. The van der Waals surface area contributed by atoms with Crippen LogP contribution in [0.25, 0.3) is 5.69 Å². The molecular weight excluding hydrogens is 230 g/mol. The molecule has 92 valence electrons. The van der Waals surface area contributed by atoms with Crippen molar-refractivity contribution in [3.8, 4) is 11.6 Å². The van der Waals surface area contributed by atoms with Gasteiger partial charge < -0.3 is 10.5 Å². The number of anilines is 1. The molecule has 5 heteroatoms. The highest BCUT2D eigenvalue weighted by Crippen LogP contribution is 2.30. The number of benzene rings is 1. The van der Waals surface area contributed by atoms with Crippen LogP contribution in [-0.4, -0.2) is 15.7 Å². The molecule has 0 saturated carbocycles. The number of nitrogen functional groups attached to an aromatic ring is 1. The zero-order chi connectivity index (χ0) is 12.7. The molecule has 1 aliphatic rings. The summed E-state index contributed by atoms with van der Waals surface area (Å²) in [6.45, 7) is 1.93. The highest BCUT2D eigenvalue weighted by atomic mass is 16.5. The second kappa shape index (κ2) is 3.87.